The quantitative estimate of drug-likeness (QED) is 0.477. The van der Waals surface area contributed by atoms with Gasteiger partial charge in [0.25, 0.3) is 0 Å². The number of halogens is 1. The summed E-state index contributed by atoms with van der Waals surface area (Å²) in [5.74, 6) is 0.556. The van der Waals surface area contributed by atoms with Crippen molar-refractivity contribution in [2.24, 2.45) is 0 Å². The molecular formula is C22H22ClNO4. The van der Waals surface area contributed by atoms with Crippen LogP contribution in [0.25, 0.3) is 11.0 Å². The minimum atomic E-state index is -0.380. The van der Waals surface area contributed by atoms with Gasteiger partial charge in [0, 0.05) is 22.4 Å². The maximum Gasteiger partial charge on any atom is 0.339 e. The first-order chi connectivity index (χ1) is 13.4. The summed E-state index contributed by atoms with van der Waals surface area (Å²) in [5.41, 5.74) is 2.64. The van der Waals surface area contributed by atoms with Crippen molar-refractivity contribution >= 4 is 28.5 Å². The minimum Gasteiger partial charge on any atom is -0.492 e. The van der Waals surface area contributed by atoms with Gasteiger partial charge in [0.2, 0.25) is 5.91 Å². The molecule has 146 valence electrons. The predicted molar refractivity (Wildman–Crippen MR) is 110 cm³/mol. The number of fused-ring (bicyclic) bond motifs is 1. The van der Waals surface area contributed by atoms with Crippen LogP contribution in [-0.2, 0) is 11.2 Å². The molecule has 0 aliphatic carbocycles. The van der Waals surface area contributed by atoms with Gasteiger partial charge in [0.15, 0.2) is 0 Å². The molecule has 0 aliphatic heterocycles. The number of hydrogen-bond donors (Lipinski definition) is 1. The summed E-state index contributed by atoms with van der Waals surface area (Å²) in [7, 11) is 0. The van der Waals surface area contributed by atoms with E-state index in [-0.39, 0.29) is 18.0 Å². The highest BCUT2D eigenvalue weighted by atomic mass is 35.5. The normalized spacial score (nSPS) is 10.8. The predicted octanol–water partition coefficient (Wildman–Crippen LogP) is 4.19. The zero-order chi connectivity index (χ0) is 20.1. The number of aryl methyl sites for hydroxylation is 2. The molecule has 3 aromatic rings. The van der Waals surface area contributed by atoms with E-state index >= 15 is 0 Å². The van der Waals surface area contributed by atoms with Crippen molar-refractivity contribution in [3.05, 3.63) is 74.6 Å². The van der Waals surface area contributed by atoms with Crippen molar-refractivity contribution < 1.29 is 13.9 Å². The Kier molecular flexibility index (Phi) is 6.37. The van der Waals surface area contributed by atoms with E-state index in [0.29, 0.717) is 41.5 Å². The van der Waals surface area contributed by atoms with E-state index in [9.17, 15) is 9.59 Å². The van der Waals surface area contributed by atoms with Crippen LogP contribution in [-0.4, -0.2) is 19.1 Å². The Labute approximate surface area is 168 Å². The van der Waals surface area contributed by atoms with Gasteiger partial charge in [0.1, 0.15) is 17.9 Å². The van der Waals surface area contributed by atoms with Gasteiger partial charge in [-0.2, -0.15) is 0 Å². The van der Waals surface area contributed by atoms with Crippen molar-refractivity contribution in [1.29, 1.82) is 0 Å². The number of amides is 1. The lowest BCUT2D eigenvalue weighted by molar-refractivity contribution is -0.121. The largest absolute Gasteiger partial charge is 0.492 e. The molecule has 1 amide bonds. The summed E-state index contributed by atoms with van der Waals surface area (Å²) in [6.45, 7) is 4.57. The van der Waals surface area contributed by atoms with Crippen LogP contribution in [0, 0.1) is 13.8 Å². The van der Waals surface area contributed by atoms with E-state index in [2.05, 4.69) is 5.32 Å². The van der Waals surface area contributed by atoms with Crippen LogP contribution >= 0.6 is 11.6 Å². The van der Waals surface area contributed by atoms with Crippen LogP contribution < -0.4 is 15.7 Å². The van der Waals surface area contributed by atoms with E-state index in [0.717, 1.165) is 16.5 Å². The summed E-state index contributed by atoms with van der Waals surface area (Å²) in [6, 6.07) is 12.8. The van der Waals surface area contributed by atoms with Gasteiger partial charge >= 0.3 is 5.63 Å². The lowest BCUT2D eigenvalue weighted by atomic mass is 10.0. The molecule has 0 saturated heterocycles. The van der Waals surface area contributed by atoms with Gasteiger partial charge < -0.3 is 14.5 Å². The molecule has 1 N–H and O–H groups in total. The Morgan fingerprint density at radius 2 is 1.89 bits per heavy atom. The molecule has 1 heterocycles. The molecule has 1 aromatic heterocycles. The fourth-order valence-electron chi connectivity index (χ4n) is 3.01. The molecule has 0 bridgehead atoms. The van der Waals surface area contributed by atoms with Crippen LogP contribution in [0.1, 0.15) is 23.1 Å². The van der Waals surface area contributed by atoms with Crippen molar-refractivity contribution in [2.45, 2.75) is 26.7 Å². The first kappa shape index (κ1) is 20.0. The third kappa shape index (κ3) is 4.93. The molecule has 0 saturated carbocycles. The Morgan fingerprint density at radius 1 is 1.14 bits per heavy atom. The topological polar surface area (TPSA) is 68.5 Å². The van der Waals surface area contributed by atoms with Crippen LogP contribution in [0.2, 0.25) is 5.02 Å². The minimum absolute atomic E-state index is 0.137. The van der Waals surface area contributed by atoms with E-state index in [4.69, 9.17) is 20.8 Å². The first-order valence-corrected chi connectivity index (χ1v) is 9.50. The third-order valence-corrected chi connectivity index (χ3v) is 4.80. The zero-order valence-electron chi connectivity index (χ0n) is 15.9. The van der Waals surface area contributed by atoms with Gasteiger partial charge in [-0.05, 0) is 61.7 Å². The molecule has 0 fully saturated rings. The number of hydrogen-bond acceptors (Lipinski definition) is 4. The number of nitrogens with one attached hydrogen (secondary N) is 1. The molecule has 6 heteroatoms. The fraction of sp³-hybridized carbons (Fsp3) is 0.273. The van der Waals surface area contributed by atoms with Crippen LogP contribution in [0.3, 0.4) is 0 Å². The average molecular weight is 400 g/mol. The van der Waals surface area contributed by atoms with E-state index in [1.807, 2.05) is 32.0 Å². The molecule has 5 nitrogen and oxygen atoms in total. The van der Waals surface area contributed by atoms with Crippen LogP contribution in [0.5, 0.6) is 5.75 Å². The SMILES string of the molecule is Cc1ccc2c(C)c(CCC(=O)NCCOc3ccc(Cl)cc3)c(=O)oc2c1. The van der Waals surface area contributed by atoms with Gasteiger partial charge in [-0.15, -0.1) is 0 Å². The standard InChI is InChI=1S/C22H22ClNO4/c1-14-3-8-18-15(2)19(22(26)28-20(18)13-14)9-10-21(25)24-11-12-27-17-6-4-16(23)5-7-17/h3-8,13H,9-12H2,1-2H3,(H,24,25). The number of carbonyl (C=O) groups excluding carboxylic acids is 1. The highest BCUT2D eigenvalue weighted by molar-refractivity contribution is 6.30. The Morgan fingerprint density at radius 3 is 2.64 bits per heavy atom. The number of ether oxygens (including phenoxy) is 1. The van der Waals surface area contributed by atoms with Crippen molar-refractivity contribution in [1.82, 2.24) is 5.32 Å². The lowest BCUT2D eigenvalue weighted by Gasteiger charge is -2.09. The molecular weight excluding hydrogens is 378 g/mol. The Bertz CT molecular complexity index is 1040. The smallest absolute Gasteiger partial charge is 0.339 e. The van der Waals surface area contributed by atoms with Gasteiger partial charge in [-0.1, -0.05) is 23.7 Å². The third-order valence-electron chi connectivity index (χ3n) is 4.55. The molecule has 0 unspecified atom stereocenters. The zero-order valence-corrected chi connectivity index (χ0v) is 16.6. The maximum absolute atomic E-state index is 12.3. The fourth-order valence-corrected chi connectivity index (χ4v) is 3.13. The summed E-state index contributed by atoms with van der Waals surface area (Å²) >= 11 is 5.82. The second-order valence-corrected chi connectivity index (χ2v) is 7.08. The average Bonchev–Trinajstić information content (AvgIpc) is 2.66. The maximum atomic E-state index is 12.3. The second kappa shape index (κ2) is 8.93. The molecule has 0 atom stereocenters. The molecule has 0 radical (unpaired) electrons. The summed E-state index contributed by atoms with van der Waals surface area (Å²) in [5, 5.41) is 4.34. The lowest BCUT2D eigenvalue weighted by Crippen LogP contribution is -2.28. The van der Waals surface area contributed by atoms with Gasteiger partial charge in [-0.3, -0.25) is 4.79 Å². The van der Waals surface area contributed by atoms with Crippen molar-refractivity contribution in [3.8, 4) is 5.75 Å². The molecule has 28 heavy (non-hydrogen) atoms. The molecule has 2 aromatic carbocycles. The number of benzene rings is 2. The Balaban J connectivity index is 1.52. The first-order valence-electron chi connectivity index (χ1n) is 9.12. The monoisotopic (exact) mass is 399 g/mol. The van der Waals surface area contributed by atoms with E-state index in [1.165, 1.54) is 0 Å². The van der Waals surface area contributed by atoms with Crippen molar-refractivity contribution in [3.63, 3.8) is 0 Å². The summed E-state index contributed by atoms with van der Waals surface area (Å²) < 4.78 is 11.0. The summed E-state index contributed by atoms with van der Waals surface area (Å²) in [4.78, 5) is 24.4. The van der Waals surface area contributed by atoms with Gasteiger partial charge in [0.05, 0.1) is 6.54 Å². The Hall–Kier alpha value is -2.79. The van der Waals surface area contributed by atoms with Gasteiger partial charge in [-0.25, -0.2) is 4.79 Å². The van der Waals surface area contributed by atoms with Crippen LogP contribution in [0.15, 0.2) is 51.7 Å². The molecule has 0 spiro atoms. The van der Waals surface area contributed by atoms with Crippen LogP contribution in [0.4, 0.5) is 0 Å². The molecule has 3 rings (SSSR count). The highest BCUT2D eigenvalue weighted by Crippen LogP contribution is 2.21. The second-order valence-electron chi connectivity index (χ2n) is 6.65. The van der Waals surface area contributed by atoms with E-state index in [1.54, 1.807) is 24.3 Å². The number of carbonyl (C=O) groups is 1. The number of rotatable bonds is 7. The highest BCUT2D eigenvalue weighted by Gasteiger charge is 2.13. The summed E-state index contributed by atoms with van der Waals surface area (Å²) in [6.07, 6.45) is 0.547. The molecule has 0 aliphatic rings. The van der Waals surface area contributed by atoms with E-state index < -0.39 is 0 Å². The van der Waals surface area contributed by atoms with Crippen molar-refractivity contribution in [2.75, 3.05) is 13.2 Å².